The number of aliphatic hydroxyl groups is 1. The maximum Gasteiger partial charge on any atom is 0.232 e. The highest BCUT2D eigenvalue weighted by Gasteiger charge is 2.28. The number of aliphatic hydroxyl groups excluding tert-OH is 1. The molecule has 0 spiro atoms. The summed E-state index contributed by atoms with van der Waals surface area (Å²) in [6.07, 6.45) is 0. The van der Waals surface area contributed by atoms with Gasteiger partial charge in [0.2, 0.25) is 5.95 Å². The first kappa shape index (κ1) is 18.0. The van der Waals surface area contributed by atoms with Crippen LogP contribution in [0.25, 0.3) is 11.3 Å². The van der Waals surface area contributed by atoms with Crippen molar-refractivity contribution in [2.24, 2.45) is 5.41 Å². The van der Waals surface area contributed by atoms with Crippen LogP contribution < -0.4 is 4.90 Å². The molecule has 136 valence electrons. The van der Waals surface area contributed by atoms with Gasteiger partial charge in [0.25, 0.3) is 0 Å². The highest BCUT2D eigenvalue weighted by atomic mass is 16.5. The van der Waals surface area contributed by atoms with E-state index in [1.807, 2.05) is 55.7 Å². The number of para-hydroxylation sites is 1. The average molecular weight is 353 g/mol. The Morgan fingerprint density at radius 3 is 2.38 bits per heavy atom. The molecule has 0 bridgehead atoms. The Kier molecular flexibility index (Phi) is 4.96. The molecule has 1 aliphatic rings. The van der Waals surface area contributed by atoms with Gasteiger partial charge in [0.05, 0.1) is 18.9 Å². The lowest BCUT2D eigenvalue weighted by Crippen LogP contribution is -2.38. The fourth-order valence-electron chi connectivity index (χ4n) is 2.80. The zero-order valence-corrected chi connectivity index (χ0v) is 15.3. The van der Waals surface area contributed by atoms with E-state index in [2.05, 4.69) is 21.2 Å². The summed E-state index contributed by atoms with van der Waals surface area (Å²) in [7, 11) is 0. The third kappa shape index (κ3) is 3.41. The molecule has 1 N–H and O–H groups in total. The first-order valence-corrected chi connectivity index (χ1v) is 8.61. The molecule has 2 aromatic rings. The van der Waals surface area contributed by atoms with Gasteiger partial charge in [0.1, 0.15) is 17.4 Å². The number of nitriles is 1. The SMILES string of the molecule is CC(C)(C)/C(O)=C(\C#N)c1nnc(N2CCOCC2)n1-c1ccccc1. The molecular formula is C19H23N5O2. The molecule has 3 rings (SSSR count). The molecular weight excluding hydrogens is 330 g/mol. The van der Waals surface area contributed by atoms with Crippen molar-refractivity contribution in [1.82, 2.24) is 14.8 Å². The second-order valence-corrected chi connectivity index (χ2v) is 7.18. The maximum absolute atomic E-state index is 10.6. The van der Waals surface area contributed by atoms with Crippen LogP contribution in [0.5, 0.6) is 0 Å². The first-order valence-electron chi connectivity index (χ1n) is 8.61. The van der Waals surface area contributed by atoms with Crippen LogP contribution in [-0.2, 0) is 4.74 Å². The zero-order chi connectivity index (χ0) is 18.7. The highest BCUT2D eigenvalue weighted by molar-refractivity contribution is 5.77. The van der Waals surface area contributed by atoms with Gasteiger partial charge in [-0.2, -0.15) is 5.26 Å². The van der Waals surface area contributed by atoms with E-state index in [1.165, 1.54) is 0 Å². The van der Waals surface area contributed by atoms with Crippen molar-refractivity contribution in [3.8, 4) is 11.8 Å². The zero-order valence-electron chi connectivity index (χ0n) is 15.3. The Morgan fingerprint density at radius 2 is 1.81 bits per heavy atom. The van der Waals surface area contributed by atoms with Crippen molar-refractivity contribution in [3.05, 3.63) is 41.9 Å². The van der Waals surface area contributed by atoms with Gasteiger partial charge >= 0.3 is 0 Å². The third-order valence-electron chi connectivity index (χ3n) is 4.24. The predicted molar refractivity (Wildman–Crippen MR) is 99.0 cm³/mol. The van der Waals surface area contributed by atoms with E-state index in [1.54, 1.807) is 0 Å². The molecule has 1 aromatic heterocycles. The van der Waals surface area contributed by atoms with Crippen molar-refractivity contribution in [2.45, 2.75) is 20.8 Å². The minimum Gasteiger partial charge on any atom is -0.510 e. The standard InChI is InChI=1S/C19H23N5O2/c1-19(2,3)16(25)15(13-20)17-21-22-18(23-9-11-26-12-10-23)24(17)14-7-5-4-6-8-14/h4-8,25H,9-12H2,1-3H3/b16-15-. The van der Waals surface area contributed by atoms with Gasteiger partial charge in [-0.25, -0.2) is 0 Å². The van der Waals surface area contributed by atoms with Crippen LogP contribution in [0.15, 0.2) is 36.1 Å². The molecule has 1 fully saturated rings. The van der Waals surface area contributed by atoms with Crippen LogP contribution in [0.3, 0.4) is 0 Å². The lowest BCUT2D eigenvalue weighted by molar-refractivity contribution is 0.122. The fourth-order valence-corrected chi connectivity index (χ4v) is 2.80. The van der Waals surface area contributed by atoms with E-state index in [-0.39, 0.29) is 11.3 Å². The Hall–Kier alpha value is -2.85. The van der Waals surface area contributed by atoms with Crippen molar-refractivity contribution in [1.29, 1.82) is 5.26 Å². The van der Waals surface area contributed by atoms with Gasteiger partial charge in [-0.3, -0.25) is 4.57 Å². The number of anilines is 1. The minimum absolute atomic E-state index is 0.00175. The molecule has 0 atom stereocenters. The van der Waals surface area contributed by atoms with Gasteiger partial charge in [-0.15, -0.1) is 10.2 Å². The van der Waals surface area contributed by atoms with Crippen molar-refractivity contribution >= 4 is 11.5 Å². The van der Waals surface area contributed by atoms with Crippen LogP contribution in [0, 0.1) is 16.7 Å². The normalized spacial score (nSPS) is 16.2. The van der Waals surface area contributed by atoms with Crippen molar-refractivity contribution in [3.63, 3.8) is 0 Å². The summed E-state index contributed by atoms with van der Waals surface area (Å²) in [4.78, 5) is 2.08. The lowest BCUT2D eigenvalue weighted by atomic mass is 9.90. The molecule has 1 aromatic carbocycles. The summed E-state index contributed by atoms with van der Waals surface area (Å²) in [5, 5.41) is 29.0. The Bertz CT molecular complexity index is 837. The second kappa shape index (κ2) is 7.18. The first-order chi connectivity index (χ1) is 12.4. The number of hydrogen-bond donors (Lipinski definition) is 1. The monoisotopic (exact) mass is 353 g/mol. The number of allylic oxidation sites excluding steroid dienone is 2. The number of rotatable bonds is 3. The Morgan fingerprint density at radius 1 is 1.15 bits per heavy atom. The predicted octanol–water partition coefficient (Wildman–Crippen LogP) is 2.94. The Labute approximate surface area is 153 Å². The average Bonchev–Trinajstić information content (AvgIpc) is 3.08. The molecule has 7 nitrogen and oxygen atoms in total. The highest BCUT2D eigenvalue weighted by Crippen LogP contribution is 2.32. The minimum atomic E-state index is -0.572. The second-order valence-electron chi connectivity index (χ2n) is 7.18. The third-order valence-corrected chi connectivity index (χ3v) is 4.24. The number of ether oxygens (including phenoxy) is 1. The van der Waals surface area contributed by atoms with Gasteiger partial charge in [0.15, 0.2) is 5.82 Å². The van der Waals surface area contributed by atoms with Crippen molar-refractivity contribution in [2.75, 3.05) is 31.2 Å². The topological polar surface area (TPSA) is 87.2 Å². The van der Waals surface area contributed by atoms with Gasteiger partial charge in [0, 0.05) is 18.5 Å². The van der Waals surface area contributed by atoms with E-state index in [9.17, 15) is 10.4 Å². The summed E-state index contributed by atoms with van der Waals surface area (Å²) in [5.74, 6) is 0.981. The molecule has 0 saturated carbocycles. The Balaban J connectivity index is 2.21. The fraction of sp³-hybridized carbons (Fsp3) is 0.421. The van der Waals surface area contributed by atoms with E-state index < -0.39 is 5.41 Å². The van der Waals surface area contributed by atoms with E-state index >= 15 is 0 Å². The van der Waals surface area contributed by atoms with Crippen LogP contribution in [-0.4, -0.2) is 46.2 Å². The maximum atomic E-state index is 10.6. The van der Waals surface area contributed by atoms with E-state index in [0.29, 0.717) is 38.1 Å². The summed E-state index contributed by atoms with van der Waals surface area (Å²) < 4.78 is 7.25. The lowest BCUT2D eigenvalue weighted by Gasteiger charge is -2.28. The van der Waals surface area contributed by atoms with Crippen LogP contribution >= 0.6 is 0 Å². The summed E-state index contributed by atoms with van der Waals surface area (Å²) >= 11 is 0. The molecule has 0 unspecified atom stereocenters. The molecule has 2 heterocycles. The van der Waals surface area contributed by atoms with E-state index in [0.717, 1.165) is 5.69 Å². The number of hydrogen-bond acceptors (Lipinski definition) is 6. The van der Waals surface area contributed by atoms with Crippen LogP contribution in [0.1, 0.15) is 26.6 Å². The number of benzene rings is 1. The number of morpholine rings is 1. The summed E-state index contributed by atoms with van der Waals surface area (Å²) in [5.41, 5.74) is 0.398. The van der Waals surface area contributed by atoms with Gasteiger partial charge < -0.3 is 14.7 Å². The molecule has 0 radical (unpaired) electrons. The summed E-state index contributed by atoms with van der Waals surface area (Å²) in [6.45, 7) is 8.18. The molecule has 1 saturated heterocycles. The smallest absolute Gasteiger partial charge is 0.232 e. The molecule has 7 heteroatoms. The molecule has 1 aliphatic heterocycles. The van der Waals surface area contributed by atoms with Crippen LogP contribution in [0.2, 0.25) is 0 Å². The number of nitrogens with zero attached hydrogens (tertiary/aromatic N) is 5. The largest absolute Gasteiger partial charge is 0.510 e. The van der Waals surface area contributed by atoms with E-state index in [4.69, 9.17) is 4.74 Å². The molecule has 0 amide bonds. The quantitative estimate of drug-likeness (QED) is 0.674. The molecule has 0 aliphatic carbocycles. The molecule has 26 heavy (non-hydrogen) atoms. The van der Waals surface area contributed by atoms with Gasteiger partial charge in [-0.05, 0) is 12.1 Å². The van der Waals surface area contributed by atoms with Crippen LogP contribution in [0.4, 0.5) is 5.95 Å². The van der Waals surface area contributed by atoms with Crippen molar-refractivity contribution < 1.29 is 9.84 Å². The number of aromatic nitrogens is 3. The summed E-state index contributed by atoms with van der Waals surface area (Å²) in [6, 6.07) is 11.7. The van der Waals surface area contributed by atoms with Gasteiger partial charge in [-0.1, -0.05) is 39.0 Å².